The Morgan fingerprint density at radius 1 is 1.06 bits per heavy atom. The third kappa shape index (κ3) is 3.58. The average Bonchev–Trinajstić information content (AvgIpc) is 3.01. The standard InChI is InChI=1S/C27H30N2O2/c1-26(2)14-19-15-27(3,16-26)17-29(19)25(30)22-13-24(18-8-7-9-20(12-18)31-4)28-23-11-6-5-10-21(22)23/h5-13,19H,14-17H2,1-4H3. The maximum atomic E-state index is 13.9. The molecule has 2 heterocycles. The second-order valence-electron chi connectivity index (χ2n) is 10.5. The zero-order chi connectivity index (χ0) is 21.8. The van der Waals surface area contributed by atoms with Crippen molar-refractivity contribution in [2.75, 3.05) is 13.7 Å². The third-order valence-electron chi connectivity index (χ3n) is 6.99. The summed E-state index contributed by atoms with van der Waals surface area (Å²) in [5, 5.41) is 0.921. The van der Waals surface area contributed by atoms with Crippen LogP contribution < -0.4 is 4.74 Å². The molecule has 2 unspecified atom stereocenters. The summed E-state index contributed by atoms with van der Waals surface area (Å²) in [6, 6.07) is 18.1. The molecule has 4 heteroatoms. The third-order valence-corrected chi connectivity index (χ3v) is 6.99. The van der Waals surface area contributed by atoms with Crippen molar-refractivity contribution < 1.29 is 9.53 Å². The number of carbonyl (C=O) groups excluding carboxylic acids is 1. The van der Waals surface area contributed by atoms with Crippen molar-refractivity contribution >= 4 is 16.8 Å². The molecular formula is C27H30N2O2. The summed E-state index contributed by atoms with van der Waals surface area (Å²) in [6.07, 6.45) is 3.35. The quantitative estimate of drug-likeness (QED) is 0.532. The molecule has 0 N–H and O–H groups in total. The van der Waals surface area contributed by atoms with Crippen LogP contribution >= 0.6 is 0 Å². The smallest absolute Gasteiger partial charge is 0.254 e. The topological polar surface area (TPSA) is 42.4 Å². The predicted octanol–water partition coefficient (Wildman–Crippen LogP) is 5.95. The molecule has 2 fully saturated rings. The number of aromatic nitrogens is 1. The van der Waals surface area contributed by atoms with Crippen LogP contribution in [0.25, 0.3) is 22.2 Å². The molecule has 2 aromatic carbocycles. The summed E-state index contributed by atoms with van der Waals surface area (Å²) < 4.78 is 5.40. The molecule has 5 rings (SSSR count). The second kappa shape index (κ2) is 7.08. The molecule has 31 heavy (non-hydrogen) atoms. The van der Waals surface area contributed by atoms with E-state index in [9.17, 15) is 4.79 Å². The van der Waals surface area contributed by atoms with Crippen LogP contribution in [0.4, 0.5) is 0 Å². The fourth-order valence-electron chi connectivity index (χ4n) is 6.13. The van der Waals surface area contributed by atoms with Gasteiger partial charge in [0.15, 0.2) is 0 Å². The number of rotatable bonds is 3. The summed E-state index contributed by atoms with van der Waals surface area (Å²) >= 11 is 0. The molecule has 1 aliphatic carbocycles. The van der Waals surface area contributed by atoms with E-state index in [0.717, 1.165) is 52.9 Å². The Labute approximate surface area is 184 Å². The summed E-state index contributed by atoms with van der Waals surface area (Å²) in [6.45, 7) is 7.87. The number of pyridine rings is 1. The molecular weight excluding hydrogens is 384 g/mol. The number of hydrogen-bond acceptors (Lipinski definition) is 3. The first-order valence-corrected chi connectivity index (χ1v) is 11.1. The van der Waals surface area contributed by atoms with Gasteiger partial charge in [-0.1, -0.05) is 51.1 Å². The van der Waals surface area contributed by atoms with Crippen LogP contribution in [-0.2, 0) is 0 Å². The Morgan fingerprint density at radius 3 is 2.68 bits per heavy atom. The fourth-order valence-corrected chi connectivity index (χ4v) is 6.13. The Kier molecular flexibility index (Phi) is 4.58. The molecule has 160 valence electrons. The van der Waals surface area contributed by atoms with Crippen LogP contribution in [-0.4, -0.2) is 35.5 Å². The number of methoxy groups -OCH3 is 1. The van der Waals surface area contributed by atoms with Crippen LogP contribution in [0, 0.1) is 10.8 Å². The van der Waals surface area contributed by atoms with E-state index in [1.54, 1.807) is 7.11 Å². The second-order valence-corrected chi connectivity index (χ2v) is 10.5. The van der Waals surface area contributed by atoms with Crippen LogP contribution in [0.3, 0.4) is 0 Å². The van der Waals surface area contributed by atoms with Gasteiger partial charge >= 0.3 is 0 Å². The molecule has 1 aromatic heterocycles. The number of ether oxygens (including phenoxy) is 1. The average molecular weight is 415 g/mol. The van der Waals surface area contributed by atoms with E-state index in [2.05, 4.69) is 25.7 Å². The normalized spacial score (nSPS) is 24.4. The maximum Gasteiger partial charge on any atom is 0.254 e. The highest BCUT2D eigenvalue weighted by atomic mass is 16.5. The lowest BCUT2D eigenvalue weighted by Crippen LogP contribution is -2.37. The van der Waals surface area contributed by atoms with Crippen LogP contribution in [0.15, 0.2) is 54.6 Å². The van der Waals surface area contributed by atoms with Gasteiger partial charge in [-0.05, 0) is 54.4 Å². The van der Waals surface area contributed by atoms with Crippen molar-refractivity contribution in [2.45, 2.75) is 46.1 Å². The van der Waals surface area contributed by atoms with Crippen molar-refractivity contribution in [2.24, 2.45) is 10.8 Å². The lowest BCUT2D eigenvalue weighted by molar-refractivity contribution is 0.0710. The first kappa shape index (κ1) is 20.0. The van der Waals surface area contributed by atoms with E-state index in [1.807, 2.05) is 54.6 Å². The van der Waals surface area contributed by atoms with E-state index >= 15 is 0 Å². The van der Waals surface area contributed by atoms with E-state index in [4.69, 9.17) is 9.72 Å². The minimum Gasteiger partial charge on any atom is -0.497 e. The molecule has 2 atom stereocenters. The highest BCUT2D eigenvalue weighted by Crippen LogP contribution is 2.52. The molecule has 3 aromatic rings. The summed E-state index contributed by atoms with van der Waals surface area (Å²) in [5.74, 6) is 0.915. The van der Waals surface area contributed by atoms with Crippen molar-refractivity contribution in [3.05, 3.63) is 60.2 Å². The summed E-state index contributed by atoms with van der Waals surface area (Å²) in [5.41, 5.74) is 3.83. The number of hydrogen-bond donors (Lipinski definition) is 0. The Morgan fingerprint density at radius 2 is 1.87 bits per heavy atom. The molecule has 0 spiro atoms. The number of nitrogens with zero attached hydrogens (tertiary/aromatic N) is 2. The van der Waals surface area contributed by atoms with Gasteiger partial charge in [-0.3, -0.25) is 4.79 Å². The minimum atomic E-state index is 0.133. The first-order chi connectivity index (χ1) is 14.8. The first-order valence-electron chi connectivity index (χ1n) is 11.1. The molecule has 2 bridgehead atoms. The SMILES string of the molecule is COc1cccc(-c2cc(C(=O)N3CC4(C)CC3CC(C)(C)C4)c3ccccc3n2)c1. The van der Waals surface area contributed by atoms with Gasteiger partial charge in [0.05, 0.1) is 23.9 Å². The molecule has 1 saturated carbocycles. The van der Waals surface area contributed by atoms with E-state index in [1.165, 1.54) is 6.42 Å². The number of benzene rings is 2. The van der Waals surface area contributed by atoms with E-state index < -0.39 is 0 Å². The molecule has 1 amide bonds. The van der Waals surface area contributed by atoms with E-state index in [0.29, 0.717) is 6.04 Å². The zero-order valence-electron chi connectivity index (χ0n) is 18.8. The Bertz CT molecular complexity index is 1170. The van der Waals surface area contributed by atoms with Crippen molar-refractivity contribution in [3.63, 3.8) is 0 Å². The van der Waals surface area contributed by atoms with Crippen molar-refractivity contribution in [3.8, 4) is 17.0 Å². The van der Waals surface area contributed by atoms with Gasteiger partial charge in [0, 0.05) is 23.5 Å². The Hall–Kier alpha value is -2.88. The van der Waals surface area contributed by atoms with Crippen LogP contribution in [0.2, 0.25) is 0 Å². The van der Waals surface area contributed by atoms with Gasteiger partial charge < -0.3 is 9.64 Å². The van der Waals surface area contributed by atoms with Gasteiger partial charge in [-0.15, -0.1) is 0 Å². The monoisotopic (exact) mass is 414 g/mol. The summed E-state index contributed by atoms with van der Waals surface area (Å²) in [4.78, 5) is 20.9. The largest absolute Gasteiger partial charge is 0.497 e. The van der Waals surface area contributed by atoms with Crippen LogP contribution in [0.5, 0.6) is 5.75 Å². The number of amides is 1. The van der Waals surface area contributed by atoms with Gasteiger partial charge in [0.25, 0.3) is 5.91 Å². The van der Waals surface area contributed by atoms with Gasteiger partial charge in [-0.25, -0.2) is 4.98 Å². The van der Waals surface area contributed by atoms with Gasteiger partial charge in [0.2, 0.25) is 0 Å². The van der Waals surface area contributed by atoms with Crippen molar-refractivity contribution in [1.82, 2.24) is 9.88 Å². The number of para-hydroxylation sites is 1. The predicted molar refractivity (Wildman–Crippen MR) is 124 cm³/mol. The lowest BCUT2D eigenvalue weighted by atomic mass is 9.65. The fraction of sp³-hybridized carbons (Fsp3) is 0.407. The number of carbonyl (C=O) groups is 1. The molecule has 1 aliphatic heterocycles. The molecule has 4 nitrogen and oxygen atoms in total. The maximum absolute atomic E-state index is 13.9. The Balaban J connectivity index is 1.60. The summed E-state index contributed by atoms with van der Waals surface area (Å²) in [7, 11) is 1.66. The number of likely N-dealkylation sites (tertiary alicyclic amines) is 1. The van der Waals surface area contributed by atoms with E-state index in [-0.39, 0.29) is 16.7 Å². The molecule has 1 saturated heterocycles. The molecule has 2 aliphatic rings. The molecule has 0 radical (unpaired) electrons. The zero-order valence-corrected chi connectivity index (χ0v) is 18.8. The highest BCUT2D eigenvalue weighted by Gasteiger charge is 2.51. The lowest BCUT2D eigenvalue weighted by Gasteiger charge is -2.39. The van der Waals surface area contributed by atoms with Gasteiger partial charge in [0.1, 0.15) is 5.75 Å². The van der Waals surface area contributed by atoms with Crippen molar-refractivity contribution in [1.29, 1.82) is 0 Å². The minimum absolute atomic E-state index is 0.133. The highest BCUT2D eigenvalue weighted by molar-refractivity contribution is 6.07. The number of fused-ring (bicyclic) bond motifs is 3. The van der Waals surface area contributed by atoms with Gasteiger partial charge in [-0.2, -0.15) is 0 Å². The van der Waals surface area contributed by atoms with Crippen LogP contribution in [0.1, 0.15) is 50.4 Å².